The van der Waals surface area contributed by atoms with Crippen LogP contribution in [0.1, 0.15) is 44.7 Å². The molecular formula is C25H32FO5Si-. The normalized spacial score (nSPS) is 11.9. The Morgan fingerprint density at radius 3 is 2.06 bits per heavy atom. The zero-order chi connectivity index (χ0) is 23.4. The quantitative estimate of drug-likeness (QED) is 0.234. The summed E-state index contributed by atoms with van der Waals surface area (Å²) in [4.78, 5) is 10.5. The molecule has 2 aromatic carbocycles. The molecule has 32 heavy (non-hydrogen) atoms. The van der Waals surface area contributed by atoms with Crippen LogP contribution in [0.15, 0.2) is 48.5 Å². The van der Waals surface area contributed by atoms with Gasteiger partial charge in [0.25, 0.3) is 0 Å². The van der Waals surface area contributed by atoms with Crippen molar-refractivity contribution >= 4 is 20.8 Å². The van der Waals surface area contributed by atoms with E-state index in [-0.39, 0.29) is 5.82 Å². The molecule has 0 amide bonds. The van der Waals surface area contributed by atoms with Crippen molar-refractivity contribution < 1.29 is 27.6 Å². The molecule has 2 aromatic rings. The largest absolute Gasteiger partial charge is 0.545 e. The summed E-state index contributed by atoms with van der Waals surface area (Å²) >= 11 is 0. The van der Waals surface area contributed by atoms with Crippen molar-refractivity contribution in [2.45, 2.75) is 46.1 Å². The highest BCUT2D eigenvalue weighted by Gasteiger charge is 2.39. The van der Waals surface area contributed by atoms with E-state index in [0.29, 0.717) is 31.8 Å². The van der Waals surface area contributed by atoms with Crippen LogP contribution in [0.3, 0.4) is 0 Å². The van der Waals surface area contributed by atoms with Gasteiger partial charge in [-0.3, -0.25) is 0 Å². The summed E-state index contributed by atoms with van der Waals surface area (Å²) in [5, 5.41) is 10.5. The third-order valence-electron chi connectivity index (χ3n) is 4.98. The first-order valence-electron chi connectivity index (χ1n) is 11.1. The number of unbranched alkanes of at least 4 members (excludes halogenated alkanes) is 1. The zero-order valence-corrected chi connectivity index (χ0v) is 20.1. The van der Waals surface area contributed by atoms with Gasteiger partial charge < -0.3 is 23.2 Å². The highest BCUT2D eigenvalue weighted by Crippen LogP contribution is 2.25. The predicted molar refractivity (Wildman–Crippen MR) is 124 cm³/mol. The van der Waals surface area contributed by atoms with E-state index in [1.807, 2.05) is 45.0 Å². The van der Waals surface area contributed by atoms with Gasteiger partial charge in [0.2, 0.25) is 0 Å². The summed E-state index contributed by atoms with van der Waals surface area (Å²) < 4.78 is 32.3. The minimum Gasteiger partial charge on any atom is -0.545 e. The summed E-state index contributed by atoms with van der Waals surface area (Å²) in [5.41, 5.74) is 3.05. The van der Waals surface area contributed by atoms with Gasteiger partial charge in [0.1, 0.15) is 5.82 Å². The lowest BCUT2D eigenvalue weighted by Gasteiger charge is -2.28. The molecule has 0 aromatic heterocycles. The van der Waals surface area contributed by atoms with Crippen molar-refractivity contribution in [1.82, 2.24) is 0 Å². The number of hydrogen-bond acceptors (Lipinski definition) is 5. The number of aryl methyl sites for hydroxylation is 1. The molecule has 0 aliphatic heterocycles. The summed E-state index contributed by atoms with van der Waals surface area (Å²) in [6.45, 7) is 7.47. The number of rotatable bonds is 14. The lowest BCUT2D eigenvalue weighted by atomic mass is 10.00. The molecule has 0 aliphatic carbocycles. The number of carboxylic acid groups (broad SMARTS) is 1. The van der Waals surface area contributed by atoms with Gasteiger partial charge in [0.15, 0.2) is 0 Å². The topological polar surface area (TPSA) is 67.8 Å². The van der Waals surface area contributed by atoms with E-state index in [9.17, 15) is 14.3 Å². The van der Waals surface area contributed by atoms with Crippen LogP contribution in [0.25, 0.3) is 17.2 Å². The lowest BCUT2D eigenvalue weighted by molar-refractivity contribution is -0.297. The molecule has 0 fully saturated rings. The second kappa shape index (κ2) is 13.3. The number of carbonyl (C=O) groups is 1. The molecular weight excluding hydrogens is 427 g/mol. The van der Waals surface area contributed by atoms with E-state index in [1.54, 1.807) is 18.2 Å². The van der Waals surface area contributed by atoms with Crippen LogP contribution in [-0.2, 0) is 24.5 Å². The molecule has 2 rings (SSSR count). The number of carbonyl (C=O) groups excluding carboxylic acids is 1. The van der Waals surface area contributed by atoms with Crippen molar-refractivity contribution in [1.29, 1.82) is 0 Å². The van der Waals surface area contributed by atoms with E-state index in [0.717, 1.165) is 41.7 Å². The van der Waals surface area contributed by atoms with Crippen molar-refractivity contribution in [3.63, 3.8) is 0 Å². The average molecular weight is 460 g/mol. The fraction of sp³-hybridized carbons (Fsp3) is 0.400. The number of halogens is 1. The van der Waals surface area contributed by atoms with Gasteiger partial charge in [-0.25, -0.2) is 4.39 Å². The molecule has 0 radical (unpaired) electrons. The molecule has 0 spiro atoms. The molecule has 174 valence electrons. The number of benzene rings is 2. The second-order valence-electron chi connectivity index (χ2n) is 7.27. The highest BCUT2D eigenvalue weighted by molar-refractivity contribution is 6.60. The first-order chi connectivity index (χ1) is 15.4. The number of carboxylic acids is 1. The number of hydrogen-bond donors (Lipinski definition) is 0. The maximum atomic E-state index is 14.7. The Kier molecular flexibility index (Phi) is 10.8. The molecule has 0 heterocycles. The monoisotopic (exact) mass is 459 g/mol. The molecule has 0 unspecified atom stereocenters. The summed E-state index contributed by atoms with van der Waals surface area (Å²) in [6, 6.07) is 13.2. The van der Waals surface area contributed by atoms with Gasteiger partial charge in [0, 0.05) is 25.9 Å². The summed E-state index contributed by atoms with van der Waals surface area (Å²) in [6.07, 6.45) is 4.73. The predicted octanol–water partition coefficient (Wildman–Crippen LogP) is 4.63. The zero-order valence-electron chi connectivity index (χ0n) is 19.1. The van der Waals surface area contributed by atoms with E-state index in [1.165, 1.54) is 6.08 Å². The van der Waals surface area contributed by atoms with Crippen LogP contribution in [0.5, 0.6) is 0 Å². The van der Waals surface area contributed by atoms with E-state index < -0.39 is 14.8 Å². The Morgan fingerprint density at radius 2 is 1.53 bits per heavy atom. The molecule has 0 atom stereocenters. The van der Waals surface area contributed by atoms with Gasteiger partial charge in [-0.05, 0) is 74.4 Å². The van der Waals surface area contributed by atoms with Crippen LogP contribution in [-0.4, -0.2) is 34.6 Å². The third kappa shape index (κ3) is 7.98. The van der Waals surface area contributed by atoms with Crippen LogP contribution < -0.4 is 5.11 Å². The van der Waals surface area contributed by atoms with Crippen molar-refractivity contribution in [2.75, 3.05) is 19.8 Å². The van der Waals surface area contributed by atoms with Gasteiger partial charge in [0.05, 0.1) is 5.97 Å². The second-order valence-corrected chi connectivity index (χ2v) is 10.0. The Morgan fingerprint density at radius 1 is 0.938 bits per heavy atom. The van der Waals surface area contributed by atoms with Gasteiger partial charge in [-0.15, -0.1) is 0 Å². The molecule has 0 aliphatic rings. The SMILES string of the molecule is CCO[Si](CCCCc1ccc(-c2ccc(/C=C/C(=O)[O-])cc2)cc1F)(OCC)OCC. The van der Waals surface area contributed by atoms with E-state index >= 15 is 0 Å². The fourth-order valence-corrected chi connectivity index (χ4v) is 6.22. The Hall–Kier alpha value is -2.32. The van der Waals surface area contributed by atoms with E-state index in [4.69, 9.17) is 13.3 Å². The Labute approximate surface area is 191 Å². The number of aliphatic carboxylic acids is 1. The molecule has 0 N–H and O–H groups in total. The lowest BCUT2D eigenvalue weighted by Crippen LogP contribution is -2.45. The molecule has 0 bridgehead atoms. The van der Waals surface area contributed by atoms with Gasteiger partial charge in [-0.2, -0.15) is 0 Å². The molecule has 0 saturated heterocycles. The van der Waals surface area contributed by atoms with Crippen molar-refractivity contribution in [3.05, 3.63) is 65.5 Å². The molecule has 7 heteroatoms. The Balaban J connectivity index is 1.96. The first-order valence-corrected chi connectivity index (χ1v) is 13.1. The Bertz CT molecular complexity index is 865. The van der Waals surface area contributed by atoms with Crippen molar-refractivity contribution in [2.24, 2.45) is 0 Å². The summed E-state index contributed by atoms with van der Waals surface area (Å²) in [7, 11) is -2.65. The molecule has 5 nitrogen and oxygen atoms in total. The van der Waals surface area contributed by atoms with Gasteiger partial charge in [-0.1, -0.05) is 42.5 Å². The maximum absolute atomic E-state index is 14.7. The smallest absolute Gasteiger partial charge is 0.500 e. The van der Waals surface area contributed by atoms with Crippen LogP contribution in [0.4, 0.5) is 4.39 Å². The third-order valence-corrected chi connectivity index (χ3v) is 8.13. The standard InChI is InChI=1S/C25H33FO5Si/c1-4-29-32(30-5-2,31-6-3)18-8-7-9-22-15-16-23(19-24(22)26)21-13-10-20(11-14-21)12-17-25(27)28/h10-17,19H,4-9,18H2,1-3H3,(H,27,28)/p-1/b17-12+. The fourth-order valence-electron chi connectivity index (χ4n) is 3.54. The summed E-state index contributed by atoms with van der Waals surface area (Å²) in [5.74, 6) is -1.47. The first kappa shape index (κ1) is 25.9. The van der Waals surface area contributed by atoms with Crippen LogP contribution in [0, 0.1) is 5.82 Å². The highest BCUT2D eigenvalue weighted by atomic mass is 28.4. The molecule has 0 saturated carbocycles. The maximum Gasteiger partial charge on any atom is 0.500 e. The van der Waals surface area contributed by atoms with Crippen LogP contribution >= 0.6 is 0 Å². The minimum absolute atomic E-state index is 0.230. The minimum atomic E-state index is -2.65. The van der Waals surface area contributed by atoms with Crippen molar-refractivity contribution in [3.8, 4) is 11.1 Å². The average Bonchev–Trinajstić information content (AvgIpc) is 2.77. The van der Waals surface area contributed by atoms with Crippen LogP contribution in [0.2, 0.25) is 6.04 Å². The van der Waals surface area contributed by atoms with E-state index in [2.05, 4.69) is 0 Å². The van der Waals surface area contributed by atoms with Gasteiger partial charge >= 0.3 is 8.80 Å².